The normalized spacial score (nSPS) is 16.4. The molecule has 0 aliphatic carbocycles. The van der Waals surface area contributed by atoms with Crippen molar-refractivity contribution in [2.45, 2.75) is 32.7 Å². The number of rotatable bonds is 7. The van der Waals surface area contributed by atoms with E-state index in [0.29, 0.717) is 32.8 Å². The topological polar surface area (TPSA) is 61.9 Å². The zero-order valence-electron chi connectivity index (χ0n) is 19.3. The number of nitrogens with zero attached hydrogens (tertiary/aromatic N) is 2. The summed E-state index contributed by atoms with van der Waals surface area (Å²) in [6.45, 7) is 6.07. The first-order valence-corrected chi connectivity index (χ1v) is 11.3. The van der Waals surface area contributed by atoms with Gasteiger partial charge in [0.1, 0.15) is 0 Å². The van der Waals surface area contributed by atoms with Crippen molar-refractivity contribution in [2.75, 3.05) is 32.8 Å². The molecule has 0 aromatic heterocycles. The Labute approximate surface area is 197 Å². The molecule has 9 heteroatoms. The van der Waals surface area contributed by atoms with Crippen LogP contribution in [0.2, 0.25) is 0 Å². The third-order valence-corrected chi connectivity index (χ3v) is 5.47. The summed E-state index contributed by atoms with van der Waals surface area (Å²) < 4.78 is 44.4. The molecular weight excluding hydrogens is 447 g/mol. The summed E-state index contributed by atoms with van der Waals surface area (Å²) in [5.74, 6) is -0.219. The van der Waals surface area contributed by atoms with Crippen molar-refractivity contribution in [2.24, 2.45) is 5.92 Å². The number of hydrogen-bond donors (Lipinski definition) is 1. The molecule has 1 heterocycles. The molecule has 1 aliphatic heterocycles. The van der Waals surface area contributed by atoms with Gasteiger partial charge in [0.25, 0.3) is 5.91 Å². The molecule has 184 valence electrons. The van der Waals surface area contributed by atoms with Crippen LogP contribution in [0.4, 0.5) is 18.0 Å². The molecule has 3 amide bonds. The minimum absolute atomic E-state index is 0.146. The second-order valence-electron chi connectivity index (χ2n) is 8.76. The van der Waals surface area contributed by atoms with Gasteiger partial charge in [-0.1, -0.05) is 44.2 Å². The van der Waals surface area contributed by atoms with E-state index >= 15 is 0 Å². The first-order valence-electron chi connectivity index (χ1n) is 11.3. The summed E-state index contributed by atoms with van der Waals surface area (Å²) in [6.07, 6.45) is -4.85. The number of carbonyl (C=O) groups excluding carboxylic acids is 2. The van der Waals surface area contributed by atoms with Crippen LogP contribution >= 0.6 is 0 Å². The fraction of sp³-hybridized carbons (Fsp3) is 0.440. The van der Waals surface area contributed by atoms with Gasteiger partial charge in [-0.3, -0.25) is 4.79 Å². The Morgan fingerprint density at radius 2 is 1.79 bits per heavy atom. The number of amides is 3. The zero-order valence-corrected chi connectivity index (χ0v) is 19.3. The van der Waals surface area contributed by atoms with Gasteiger partial charge in [-0.05, 0) is 35.7 Å². The van der Waals surface area contributed by atoms with Crippen LogP contribution < -0.4 is 5.32 Å². The number of benzene rings is 2. The van der Waals surface area contributed by atoms with E-state index < -0.39 is 17.8 Å². The molecule has 0 bridgehead atoms. The highest BCUT2D eigenvalue weighted by atomic mass is 19.4. The molecule has 0 radical (unpaired) electrons. The molecule has 3 rings (SSSR count). The minimum atomic E-state index is -4.46. The molecular formula is C25H30F3N3O3. The summed E-state index contributed by atoms with van der Waals surface area (Å²) in [5.41, 5.74) is 0.375. The van der Waals surface area contributed by atoms with E-state index in [1.165, 1.54) is 12.1 Å². The van der Waals surface area contributed by atoms with Crippen molar-refractivity contribution in [1.29, 1.82) is 0 Å². The van der Waals surface area contributed by atoms with E-state index in [1.807, 2.05) is 44.2 Å². The summed E-state index contributed by atoms with van der Waals surface area (Å²) >= 11 is 0. The van der Waals surface area contributed by atoms with Crippen LogP contribution in [0.25, 0.3) is 0 Å². The first kappa shape index (κ1) is 25.6. The molecule has 1 saturated heterocycles. The number of carbonyl (C=O) groups is 2. The second kappa shape index (κ2) is 11.4. The Hall–Kier alpha value is -3.07. The minimum Gasteiger partial charge on any atom is -0.373 e. The van der Waals surface area contributed by atoms with Crippen molar-refractivity contribution in [3.63, 3.8) is 0 Å². The molecule has 0 spiro atoms. The lowest BCUT2D eigenvalue weighted by Gasteiger charge is -2.36. The number of hydrogen-bond acceptors (Lipinski definition) is 3. The van der Waals surface area contributed by atoms with Crippen LogP contribution in [0, 0.1) is 5.92 Å². The van der Waals surface area contributed by atoms with Crippen LogP contribution in [0.5, 0.6) is 0 Å². The maximum Gasteiger partial charge on any atom is 0.416 e. The number of ether oxygens (including phenoxy) is 1. The van der Waals surface area contributed by atoms with Crippen LogP contribution in [0.3, 0.4) is 0 Å². The van der Waals surface area contributed by atoms with Crippen LogP contribution in [-0.4, -0.2) is 60.6 Å². The Kier molecular flexibility index (Phi) is 8.55. The molecule has 6 nitrogen and oxygen atoms in total. The van der Waals surface area contributed by atoms with E-state index in [1.54, 1.807) is 9.80 Å². The molecule has 0 saturated carbocycles. The summed E-state index contributed by atoms with van der Waals surface area (Å²) in [5, 5.41) is 2.90. The predicted molar refractivity (Wildman–Crippen MR) is 122 cm³/mol. The second-order valence-corrected chi connectivity index (χ2v) is 8.76. The SMILES string of the molecule is CC(C)CN(CC1CN(C(=O)NCc2ccccc2)CCO1)C(=O)c1ccc(C(F)(F)F)cc1. The first-order chi connectivity index (χ1) is 16.1. The van der Waals surface area contributed by atoms with Gasteiger partial charge < -0.3 is 19.9 Å². The molecule has 1 N–H and O–H groups in total. The maximum atomic E-state index is 13.1. The Bertz CT molecular complexity index is 949. The molecule has 2 aromatic rings. The van der Waals surface area contributed by atoms with Gasteiger partial charge in [0.15, 0.2) is 0 Å². The number of morpholine rings is 1. The molecule has 1 atom stereocenters. The van der Waals surface area contributed by atoms with Crippen LogP contribution in [0.1, 0.15) is 35.3 Å². The lowest BCUT2D eigenvalue weighted by atomic mass is 10.1. The molecule has 34 heavy (non-hydrogen) atoms. The van der Waals surface area contributed by atoms with Crippen molar-refractivity contribution in [3.8, 4) is 0 Å². The third-order valence-electron chi connectivity index (χ3n) is 5.47. The number of halogens is 3. The number of alkyl halides is 3. The smallest absolute Gasteiger partial charge is 0.373 e. The van der Waals surface area contributed by atoms with E-state index in [-0.39, 0.29) is 30.0 Å². The highest BCUT2D eigenvalue weighted by molar-refractivity contribution is 5.94. The van der Waals surface area contributed by atoms with E-state index in [9.17, 15) is 22.8 Å². The average Bonchev–Trinajstić information content (AvgIpc) is 2.82. The van der Waals surface area contributed by atoms with Gasteiger partial charge >= 0.3 is 12.2 Å². The molecule has 1 unspecified atom stereocenters. The van der Waals surface area contributed by atoms with Gasteiger partial charge in [-0.2, -0.15) is 13.2 Å². The van der Waals surface area contributed by atoms with Crippen molar-refractivity contribution in [3.05, 3.63) is 71.3 Å². The molecule has 2 aromatic carbocycles. The summed E-state index contributed by atoms with van der Waals surface area (Å²) in [6, 6.07) is 13.6. The van der Waals surface area contributed by atoms with E-state index in [4.69, 9.17) is 4.74 Å². The van der Waals surface area contributed by atoms with Crippen LogP contribution in [-0.2, 0) is 17.5 Å². The van der Waals surface area contributed by atoms with E-state index in [0.717, 1.165) is 17.7 Å². The van der Waals surface area contributed by atoms with Crippen LogP contribution in [0.15, 0.2) is 54.6 Å². The van der Waals surface area contributed by atoms with Gasteiger partial charge in [-0.15, -0.1) is 0 Å². The zero-order chi connectivity index (χ0) is 24.7. The fourth-order valence-electron chi connectivity index (χ4n) is 3.81. The third kappa shape index (κ3) is 7.21. The standard InChI is InChI=1S/C25H30F3N3O3/c1-18(2)15-31(23(32)20-8-10-21(11-9-20)25(26,27)28)17-22-16-30(12-13-34-22)24(33)29-14-19-6-4-3-5-7-19/h3-11,18,22H,12-17H2,1-2H3,(H,29,33). The lowest BCUT2D eigenvalue weighted by Crippen LogP contribution is -2.53. The van der Waals surface area contributed by atoms with Crippen molar-refractivity contribution >= 4 is 11.9 Å². The predicted octanol–water partition coefficient (Wildman–Crippen LogP) is 4.41. The van der Waals surface area contributed by atoms with E-state index in [2.05, 4.69) is 5.32 Å². The number of nitrogens with one attached hydrogen (secondary N) is 1. The van der Waals surface area contributed by atoms with Gasteiger partial charge in [-0.25, -0.2) is 4.79 Å². The fourth-order valence-corrected chi connectivity index (χ4v) is 3.81. The summed E-state index contributed by atoms with van der Waals surface area (Å²) in [4.78, 5) is 29.0. The quantitative estimate of drug-likeness (QED) is 0.643. The lowest BCUT2D eigenvalue weighted by molar-refractivity contribution is -0.137. The molecule has 1 aliphatic rings. The average molecular weight is 478 g/mol. The van der Waals surface area contributed by atoms with Gasteiger partial charge in [0.2, 0.25) is 0 Å². The van der Waals surface area contributed by atoms with Crippen molar-refractivity contribution < 1.29 is 27.5 Å². The molecule has 1 fully saturated rings. The summed E-state index contributed by atoms with van der Waals surface area (Å²) in [7, 11) is 0. The van der Waals surface area contributed by atoms with Gasteiger partial charge in [0.05, 0.1) is 24.8 Å². The highest BCUT2D eigenvalue weighted by Gasteiger charge is 2.31. The Morgan fingerprint density at radius 1 is 1.12 bits per heavy atom. The largest absolute Gasteiger partial charge is 0.416 e. The highest BCUT2D eigenvalue weighted by Crippen LogP contribution is 2.29. The maximum absolute atomic E-state index is 13.1. The van der Waals surface area contributed by atoms with Crippen molar-refractivity contribution in [1.82, 2.24) is 15.1 Å². The number of urea groups is 1. The van der Waals surface area contributed by atoms with Gasteiger partial charge in [0, 0.05) is 31.7 Å². The monoisotopic (exact) mass is 477 g/mol. The Balaban J connectivity index is 1.62. The Morgan fingerprint density at radius 3 is 2.41 bits per heavy atom.